The van der Waals surface area contributed by atoms with E-state index in [1.54, 1.807) is 6.92 Å². The van der Waals surface area contributed by atoms with E-state index in [4.69, 9.17) is 4.74 Å². The number of nitro groups is 1. The van der Waals surface area contributed by atoms with Gasteiger partial charge in [-0.05, 0) is 31.5 Å². The van der Waals surface area contributed by atoms with Crippen molar-refractivity contribution in [2.75, 3.05) is 11.9 Å². The van der Waals surface area contributed by atoms with Gasteiger partial charge in [-0.1, -0.05) is 18.2 Å². The molecule has 0 aliphatic heterocycles. The van der Waals surface area contributed by atoms with Gasteiger partial charge >= 0.3 is 0 Å². The molecule has 1 heterocycles. The first kappa shape index (κ1) is 14.8. The molecule has 0 aliphatic rings. The van der Waals surface area contributed by atoms with E-state index in [2.05, 4.69) is 10.3 Å². The molecule has 1 aromatic carbocycles. The van der Waals surface area contributed by atoms with Crippen LogP contribution in [0.5, 0.6) is 5.75 Å². The van der Waals surface area contributed by atoms with Gasteiger partial charge in [-0.3, -0.25) is 10.1 Å². The molecule has 110 valence electrons. The standard InChI is InChI=1S/C15H17N3O3/c1-11-8-13(18(19)20)10-17-15(11)16-9-12(2)21-14-6-4-3-5-7-14/h3-8,10,12H,9H2,1-2H3,(H,16,17). The Bertz CT molecular complexity index is 617. The Balaban J connectivity index is 1.92. The zero-order valence-electron chi connectivity index (χ0n) is 11.9. The van der Waals surface area contributed by atoms with Gasteiger partial charge in [-0.2, -0.15) is 0 Å². The average Bonchev–Trinajstić information content (AvgIpc) is 2.47. The SMILES string of the molecule is Cc1cc([N+](=O)[O-])cnc1NCC(C)Oc1ccccc1. The average molecular weight is 287 g/mol. The summed E-state index contributed by atoms with van der Waals surface area (Å²) >= 11 is 0. The molecule has 0 fully saturated rings. The molecular formula is C15H17N3O3. The Labute approximate surface area is 122 Å². The number of pyridine rings is 1. The molecule has 6 heteroatoms. The van der Waals surface area contributed by atoms with Gasteiger partial charge in [0.25, 0.3) is 5.69 Å². The Kier molecular flexibility index (Phi) is 4.71. The highest BCUT2D eigenvalue weighted by atomic mass is 16.6. The third-order valence-electron chi connectivity index (χ3n) is 2.91. The van der Waals surface area contributed by atoms with Crippen LogP contribution in [0.25, 0.3) is 0 Å². The Morgan fingerprint density at radius 3 is 2.71 bits per heavy atom. The fourth-order valence-electron chi connectivity index (χ4n) is 1.86. The van der Waals surface area contributed by atoms with Gasteiger partial charge in [-0.25, -0.2) is 4.98 Å². The van der Waals surface area contributed by atoms with E-state index in [0.29, 0.717) is 12.4 Å². The van der Waals surface area contributed by atoms with Gasteiger partial charge in [0.1, 0.15) is 23.9 Å². The summed E-state index contributed by atoms with van der Waals surface area (Å²) in [6.07, 6.45) is 1.20. The predicted octanol–water partition coefficient (Wildman–Crippen LogP) is 3.18. The fraction of sp³-hybridized carbons (Fsp3) is 0.267. The maximum absolute atomic E-state index is 10.7. The number of ether oxygens (including phenoxy) is 1. The van der Waals surface area contributed by atoms with Crippen molar-refractivity contribution in [1.29, 1.82) is 0 Å². The third kappa shape index (κ3) is 4.17. The topological polar surface area (TPSA) is 77.3 Å². The van der Waals surface area contributed by atoms with Crippen molar-refractivity contribution in [3.63, 3.8) is 0 Å². The van der Waals surface area contributed by atoms with E-state index in [-0.39, 0.29) is 11.8 Å². The summed E-state index contributed by atoms with van der Waals surface area (Å²) in [5.41, 5.74) is 0.725. The summed E-state index contributed by atoms with van der Waals surface area (Å²) < 4.78 is 5.74. The number of aryl methyl sites for hydroxylation is 1. The minimum absolute atomic E-state index is 0.00775. The first-order chi connectivity index (χ1) is 10.1. The Morgan fingerprint density at radius 2 is 2.10 bits per heavy atom. The van der Waals surface area contributed by atoms with Crippen molar-refractivity contribution >= 4 is 11.5 Å². The number of hydrogen-bond donors (Lipinski definition) is 1. The van der Waals surface area contributed by atoms with Crippen LogP contribution in [0.4, 0.5) is 11.5 Å². The molecule has 1 atom stereocenters. The number of para-hydroxylation sites is 1. The number of rotatable bonds is 6. The Morgan fingerprint density at radius 1 is 1.38 bits per heavy atom. The molecule has 0 amide bonds. The van der Waals surface area contributed by atoms with Gasteiger partial charge < -0.3 is 10.1 Å². The molecule has 2 aromatic rings. The second-order valence-corrected chi connectivity index (χ2v) is 4.74. The third-order valence-corrected chi connectivity index (χ3v) is 2.91. The van der Waals surface area contributed by atoms with Gasteiger partial charge in [0.2, 0.25) is 0 Å². The van der Waals surface area contributed by atoms with E-state index in [1.807, 2.05) is 37.3 Å². The predicted molar refractivity (Wildman–Crippen MR) is 80.7 cm³/mol. The number of hydrogen-bond acceptors (Lipinski definition) is 5. The van der Waals surface area contributed by atoms with E-state index in [9.17, 15) is 10.1 Å². The summed E-state index contributed by atoms with van der Waals surface area (Å²) in [7, 11) is 0. The first-order valence-corrected chi connectivity index (χ1v) is 6.63. The highest BCUT2D eigenvalue weighted by Gasteiger charge is 2.10. The van der Waals surface area contributed by atoms with Crippen LogP contribution in [0.15, 0.2) is 42.6 Å². The molecule has 1 N–H and O–H groups in total. The van der Waals surface area contributed by atoms with Crippen LogP contribution in [0, 0.1) is 17.0 Å². The summed E-state index contributed by atoms with van der Waals surface area (Å²) in [5, 5.41) is 13.8. The molecule has 2 rings (SSSR count). The van der Waals surface area contributed by atoms with Crippen molar-refractivity contribution < 1.29 is 9.66 Å². The summed E-state index contributed by atoms with van der Waals surface area (Å²) in [6, 6.07) is 11.0. The van der Waals surface area contributed by atoms with Crippen LogP contribution in [0.2, 0.25) is 0 Å². The monoisotopic (exact) mass is 287 g/mol. The highest BCUT2D eigenvalue weighted by molar-refractivity contribution is 5.48. The quantitative estimate of drug-likeness (QED) is 0.652. The van der Waals surface area contributed by atoms with Crippen LogP contribution < -0.4 is 10.1 Å². The first-order valence-electron chi connectivity index (χ1n) is 6.63. The van der Waals surface area contributed by atoms with E-state index in [0.717, 1.165) is 11.3 Å². The van der Waals surface area contributed by atoms with E-state index >= 15 is 0 Å². The number of anilines is 1. The molecule has 0 spiro atoms. The highest BCUT2D eigenvalue weighted by Crippen LogP contribution is 2.18. The molecule has 1 unspecified atom stereocenters. The number of benzene rings is 1. The maximum atomic E-state index is 10.7. The smallest absolute Gasteiger partial charge is 0.287 e. The maximum Gasteiger partial charge on any atom is 0.287 e. The largest absolute Gasteiger partial charge is 0.489 e. The number of nitrogens with zero attached hydrogens (tertiary/aromatic N) is 2. The van der Waals surface area contributed by atoms with E-state index in [1.165, 1.54) is 12.3 Å². The van der Waals surface area contributed by atoms with Crippen molar-refractivity contribution in [1.82, 2.24) is 4.98 Å². The fourth-order valence-corrected chi connectivity index (χ4v) is 1.86. The second-order valence-electron chi connectivity index (χ2n) is 4.74. The van der Waals surface area contributed by atoms with E-state index < -0.39 is 4.92 Å². The molecule has 0 aliphatic carbocycles. The van der Waals surface area contributed by atoms with Crippen LogP contribution in [0.3, 0.4) is 0 Å². The van der Waals surface area contributed by atoms with Gasteiger partial charge in [-0.15, -0.1) is 0 Å². The molecule has 0 bridgehead atoms. The van der Waals surface area contributed by atoms with Crippen LogP contribution >= 0.6 is 0 Å². The van der Waals surface area contributed by atoms with Crippen molar-refractivity contribution in [2.45, 2.75) is 20.0 Å². The zero-order chi connectivity index (χ0) is 15.2. The molecule has 0 radical (unpaired) electrons. The molecule has 0 saturated heterocycles. The summed E-state index contributed by atoms with van der Waals surface area (Å²) in [4.78, 5) is 14.3. The lowest BCUT2D eigenvalue weighted by Crippen LogP contribution is -2.23. The minimum atomic E-state index is -0.453. The number of nitrogens with one attached hydrogen (secondary N) is 1. The normalized spacial score (nSPS) is 11.7. The van der Waals surface area contributed by atoms with Gasteiger partial charge in [0.05, 0.1) is 11.5 Å². The number of aromatic nitrogens is 1. The van der Waals surface area contributed by atoms with Gasteiger partial charge in [0.15, 0.2) is 0 Å². The van der Waals surface area contributed by atoms with Crippen LogP contribution in [-0.2, 0) is 0 Å². The Hall–Kier alpha value is -2.63. The van der Waals surface area contributed by atoms with Gasteiger partial charge in [0, 0.05) is 6.07 Å². The summed E-state index contributed by atoms with van der Waals surface area (Å²) in [6.45, 7) is 4.28. The zero-order valence-corrected chi connectivity index (χ0v) is 11.9. The molecular weight excluding hydrogens is 270 g/mol. The summed E-state index contributed by atoms with van der Waals surface area (Å²) in [5.74, 6) is 1.43. The van der Waals surface area contributed by atoms with Crippen LogP contribution in [-0.4, -0.2) is 22.6 Å². The van der Waals surface area contributed by atoms with Crippen molar-refractivity contribution in [2.24, 2.45) is 0 Å². The lowest BCUT2D eigenvalue weighted by atomic mass is 10.2. The molecule has 0 saturated carbocycles. The minimum Gasteiger partial charge on any atom is -0.489 e. The second kappa shape index (κ2) is 6.69. The van der Waals surface area contributed by atoms with Crippen molar-refractivity contribution in [3.8, 4) is 5.75 Å². The molecule has 1 aromatic heterocycles. The van der Waals surface area contributed by atoms with Crippen molar-refractivity contribution in [3.05, 3.63) is 58.3 Å². The molecule has 6 nitrogen and oxygen atoms in total. The van der Waals surface area contributed by atoms with Crippen LogP contribution in [0.1, 0.15) is 12.5 Å². The lowest BCUT2D eigenvalue weighted by molar-refractivity contribution is -0.385. The molecule has 21 heavy (non-hydrogen) atoms. The lowest BCUT2D eigenvalue weighted by Gasteiger charge is -2.16.